The molecule has 17 heavy (non-hydrogen) atoms. The normalized spacial score (nSPS) is 10.8. The summed E-state index contributed by atoms with van der Waals surface area (Å²) in [5.74, 6) is 0.964. The van der Waals surface area contributed by atoms with Crippen LogP contribution in [-0.2, 0) is 6.54 Å². The van der Waals surface area contributed by atoms with E-state index in [1.165, 1.54) is 16.7 Å². The maximum atomic E-state index is 4.61. The zero-order valence-corrected chi connectivity index (χ0v) is 10.9. The SMILES string of the molecule is CNCc1[nH]c(C)nc1-c1cc(C)ccc1C. The highest BCUT2D eigenvalue weighted by Gasteiger charge is 2.12. The fourth-order valence-corrected chi connectivity index (χ4v) is 2.06. The first kappa shape index (κ1) is 11.9. The van der Waals surface area contributed by atoms with Gasteiger partial charge in [-0.3, -0.25) is 0 Å². The highest BCUT2D eigenvalue weighted by molar-refractivity contribution is 5.66. The molecule has 90 valence electrons. The van der Waals surface area contributed by atoms with Crippen LogP contribution in [0.5, 0.6) is 0 Å². The summed E-state index contributed by atoms with van der Waals surface area (Å²) in [6.07, 6.45) is 0. The molecule has 0 amide bonds. The van der Waals surface area contributed by atoms with Crippen molar-refractivity contribution in [3.8, 4) is 11.3 Å². The van der Waals surface area contributed by atoms with E-state index >= 15 is 0 Å². The first-order valence-corrected chi connectivity index (χ1v) is 5.89. The Bertz CT molecular complexity index is 526. The first-order chi connectivity index (χ1) is 8.11. The number of hydrogen-bond acceptors (Lipinski definition) is 2. The topological polar surface area (TPSA) is 40.7 Å². The summed E-state index contributed by atoms with van der Waals surface area (Å²) >= 11 is 0. The summed E-state index contributed by atoms with van der Waals surface area (Å²) in [5, 5.41) is 3.17. The predicted octanol–water partition coefficient (Wildman–Crippen LogP) is 2.72. The van der Waals surface area contributed by atoms with Crippen molar-refractivity contribution in [3.63, 3.8) is 0 Å². The predicted molar refractivity (Wildman–Crippen MR) is 71.0 cm³/mol. The van der Waals surface area contributed by atoms with Crippen molar-refractivity contribution in [1.29, 1.82) is 0 Å². The Kier molecular flexibility index (Phi) is 3.29. The van der Waals surface area contributed by atoms with Gasteiger partial charge in [0.05, 0.1) is 11.4 Å². The summed E-state index contributed by atoms with van der Waals surface area (Å²) in [7, 11) is 1.95. The zero-order chi connectivity index (χ0) is 12.4. The number of aromatic nitrogens is 2. The van der Waals surface area contributed by atoms with E-state index in [0.29, 0.717) is 0 Å². The van der Waals surface area contributed by atoms with Gasteiger partial charge >= 0.3 is 0 Å². The Morgan fingerprint density at radius 1 is 1.24 bits per heavy atom. The van der Waals surface area contributed by atoms with Gasteiger partial charge < -0.3 is 10.3 Å². The molecular weight excluding hydrogens is 210 g/mol. The van der Waals surface area contributed by atoms with Crippen LogP contribution in [0.15, 0.2) is 18.2 Å². The summed E-state index contributed by atoms with van der Waals surface area (Å²) in [6.45, 7) is 7.04. The number of aromatic amines is 1. The molecule has 1 heterocycles. The number of aryl methyl sites for hydroxylation is 3. The molecule has 0 atom stereocenters. The number of nitrogens with zero attached hydrogens (tertiary/aromatic N) is 1. The van der Waals surface area contributed by atoms with Crippen LogP contribution in [0, 0.1) is 20.8 Å². The second kappa shape index (κ2) is 4.72. The molecule has 1 aromatic heterocycles. The van der Waals surface area contributed by atoms with Crippen molar-refractivity contribution in [3.05, 3.63) is 40.8 Å². The summed E-state index contributed by atoms with van der Waals surface area (Å²) in [5.41, 5.74) is 5.97. The smallest absolute Gasteiger partial charge is 0.103 e. The van der Waals surface area contributed by atoms with Gasteiger partial charge in [-0.25, -0.2) is 4.98 Å². The van der Waals surface area contributed by atoms with E-state index in [2.05, 4.69) is 47.3 Å². The van der Waals surface area contributed by atoms with Gasteiger partial charge in [-0.2, -0.15) is 0 Å². The number of rotatable bonds is 3. The van der Waals surface area contributed by atoms with E-state index in [1.807, 2.05) is 14.0 Å². The third-order valence-corrected chi connectivity index (χ3v) is 2.90. The zero-order valence-electron chi connectivity index (χ0n) is 10.9. The largest absolute Gasteiger partial charge is 0.345 e. The van der Waals surface area contributed by atoms with Crippen LogP contribution >= 0.6 is 0 Å². The van der Waals surface area contributed by atoms with Crippen molar-refractivity contribution in [2.24, 2.45) is 0 Å². The van der Waals surface area contributed by atoms with Gasteiger partial charge in [0.2, 0.25) is 0 Å². The fraction of sp³-hybridized carbons (Fsp3) is 0.357. The van der Waals surface area contributed by atoms with Crippen LogP contribution in [-0.4, -0.2) is 17.0 Å². The molecule has 3 heteroatoms. The minimum Gasteiger partial charge on any atom is -0.345 e. The molecule has 0 aliphatic heterocycles. The van der Waals surface area contributed by atoms with Crippen molar-refractivity contribution >= 4 is 0 Å². The van der Waals surface area contributed by atoms with Crippen LogP contribution < -0.4 is 5.32 Å². The van der Waals surface area contributed by atoms with Crippen molar-refractivity contribution in [2.45, 2.75) is 27.3 Å². The fourth-order valence-electron chi connectivity index (χ4n) is 2.06. The molecule has 0 saturated carbocycles. The van der Waals surface area contributed by atoms with Gasteiger partial charge in [-0.1, -0.05) is 17.7 Å². The van der Waals surface area contributed by atoms with Gasteiger partial charge in [0, 0.05) is 12.1 Å². The van der Waals surface area contributed by atoms with E-state index in [-0.39, 0.29) is 0 Å². The lowest BCUT2D eigenvalue weighted by Gasteiger charge is -2.07. The highest BCUT2D eigenvalue weighted by atomic mass is 15.0. The van der Waals surface area contributed by atoms with Crippen LogP contribution in [0.3, 0.4) is 0 Å². The molecule has 2 N–H and O–H groups in total. The molecule has 0 aliphatic rings. The van der Waals surface area contributed by atoms with Crippen LogP contribution in [0.1, 0.15) is 22.6 Å². The lowest BCUT2D eigenvalue weighted by Crippen LogP contribution is -2.06. The van der Waals surface area contributed by atoms with Crippen LogP contribution in [0.2, 0.25) is 0 Å². The van der Waals surface area contributed by atoms with Crippen LogP contribution in [0.4, 0.5) is 0 Å². The van der Waals surface area contributed by atoms with Gasteiger partial charge in [0.1, 0.15) is 5.82 Å². The second-order valence-corrected chi connectivity index (χ2v) is 4.50. The number of H-pyrrole nitrogens is 1. The van der Waals surface area contributed by atoms with Gasteiger partial charge in [0.25, 0.3) is 0 Å². The lowest BCUT2D eigenvalue weighted by atomic mass is 10.0. The molecule has 0 bridgehead atoms. The minimum absolute atomic E-state index is 0.809. The molecule has 2 rings (SSSR count). The Morgan fingerprint density at radius 2 is 2.00 bits per heavy atom. The van der Waals surface area contributed by atoms with Crippen molar-refractivity contribution in [2.75, 3.05) is 7.05 Å². The molecule has 0 radical (unpaired) electrons. The van der Waals surface area contributed by atoms with Gasteiger partial charge in [0.15, 0.2) is 0 Å². The summed E-state index contributed by atoms with van der Waals surface area (Å²) < 4.78 is 0. The molecule has 0 saturated heterocycles. The van der Waals surface area contributed by atoms with E-state index in [9.17, 15) is 0 Å². The Balaban J connectivity index is 2.55. The maximum Gasteiger partial charge on any atom is 0.103 e. The summed E-state index contributed by atoms with van der Waals surface area (Å²) in [6, 6.07) is 6.48. The molecule has 2 aromatic rings. The first-order valence-electron chi connectivity index (χ1n) is 5.89. The quantitative estimate of drug-likeness (QED) is 0.849. The van der Waals surface area contributed by atoms with Crippen LogP contribution in [0.25, 0.3) is 11.3 Å². The van der Waals surface area contributed by atoms with Gasteiger partial charge in [-0.05, 0) is 39.4 Å². The van der Waals surface area contributed by atoms with Crippen molar-refractivity contribution < 1.29 is 0 Å². The molecule has 0 aliphatic carbocycles. The van der Waals surface area contributed by atoms with Crippen molar-refractivity contribution in [1.82, 2.24) is 15.3 Å². The molecule has 3 nitrogen and oxygen atoms in total. The number of benzene rings is 1. The standard InChI is InChI=1S/C14H19N3/c1-9-5-6-10(2)12(7-9)14-13(8-15-4)16-11(3)17-14/h5-7,15H,8H2,1-4H3,(H,16,17). The third kappa shape index (κ3) is 2.39. The minimum atomic E-state index is 0.809. The van der Waals surface area contributed by atoms with E-state index < -0.39 is 0 Å². The Hall–Kier alpha value is -1.61. The van der Waals surface area contributed by atoms with E-state index in [1.54, 1.807) is 0 Å². The van der Waals surface area contributed by atoms with E-state index in [4.69, 9.17) is 0 Å². The number of imidazole rings is 1. The average Bonchev–Trinajstić information content (AvgIpc) is 2.64. The molecular formula is C14H19N3. The molecule has 0 spiro atoms. The Morgan fingerprint density at radius 3 is 2.71 bits per heavy atom. The monoisotopic (exact) mass is 229 g/mol. The summed E-state index contributed by atoms with van der Waals surface area (Å²) in [4.78, 5) is 7.92. The second-order valence-electron chi connectivity index (χ2n) is 4.50. The lowest BCUT2D eigenvalue weighted by molar-refractivity contribution is 0.796. The molecule has 0 fully saturated rings. The maximum absolute atomic E-state index is 4.61. The number of hydrogen-bond donors (Lipinski definition) is 2. The highest BCUT2D eigenvalue weighted by Crippen LogP contribution is 2.26. The average molecular weight is 229 g/mol. The number of nitrogens with one attached hydrogen (secondary N) is 2. The van der Waals surface area contributed by atoms with E-state index in [0.717, 1.165) is 23.8 Å². The van der Waals surface area contributed by atoms with Gasteiger partial charge in [-0.15, -0.1) is 0 Å². The molecule has 1 aromatic carbocycles. The molecule has 0 unspecified atom stereocenters. The Labute approximate surface area is 102 Å². The third-order valence-electron chi connectivity index (χ3n) is 2.90.